The van der Waals surface area contributed by atoms with E-state index in [1.54, 1.807) is 6.07 Å². The Morgan fingerprint density at radius 1 is 0.941 bits per heavy atom. The molecule has 0 aliphatic carbocycles. The third-order valence-corrected chi connectivity index (χ3v) is 2.84. The van der Waals surface area contributed by atoms with E-state index in [2.05, 4.69) is 0 Å². The van der Waals surface area contributed by atoms with Gasteiger partial charge < -0.3 is 16.6 Å². The number of aliphatic hydroxyl groups excluding tert-OH is 1. The number of aliphatic hydroxyl groups is 1. The number of benzene rings is 2. The first kappa shape index (κ1) is 11.5. The Bertz CT molecular complexity index is 550. The molecule has 17 heavy (non-hydrogen) atoms. The summed E-state index contributed by atoms with van der Waals surface area (Å²) in [4.78, 5) is 0. The summed E-state index contributed by atoms with van der Waals surface area (Å²) in [6, 6.07) is 11.3. The van der Waals surface area contributed by atoms with Crippen molar-refractivity contribution in [3.05, 3.63) is 47.5 Å². The Hall–Kier alpha value is -2.00. The molecule has 0 aromatic heterocycles. The van der Waals surface area contributed by atoms with Gasteiger partial charge in [0.15, 0.2) is 0 Å². The second-order valence-electron chi connectivity index (χ2n) is 4.15. The third kappa shape index (κ3) is 2.24. The van der Waals surface area contributed by atoms with Gasteiger partial charge in [0.05, 0.1) is 6.61 Å². The molecular weight excluding hydrogens is 212 g/mol. The SMILES string of the molecule is Cc1cc(N)ccc1-c1ccc(N)cc1CO. The average molecular weight is 228 g/mol. The predicted octanol–water partition coefficient (Wildman–Crippen LogP) is 2.32. The lowest BCUT2D eigenvalue weighted by Crippen LogP contribution is -1.95. The van der Waals surface area contributed by atoms with Gasteiger partial charge in [-0.2, -0.15) is 0 Å². The molecule has 0 fully saturated rings. The highest BCUT2D eigenvalue weighted by Gasteiger charge is 2.07. The summed E-state index contributed by atoms with van der Waals surface area (Å²) in [6.45, 7) is 1.98. The summed E-state index contributed by atoms with van der Waals surface area (Å²) in [5, 5.41) is 9.37. The zero-order chi connectivity index (χ0) is 12.4. The maximum atomic E-state index is 9.37. The van der Waals surface area contributed by atoms with E-state index in [4.69, 9.17) is 11.5 Å². The molecule has 0 amide bonds. The van der Waals surface area contributed by atoms with Crippen LogP contribution in [0, 0.1) is 6.92 Å². The number of nitrogen functional groups attached to an aromatic ring is 2. The van der Waals surface area contributed by atoms with Crippen molar-refractivity contribution in [1.82, 2.24) is 0 Å². The zero-order valence-electron chi connectivity index (χ0n) is 9.77. The van der Waals surface area contributed by atoms with E-state index in [0.717, 1.165) is 27.9 Å². The van der Waals surface area contributed by atoms with Crippen molar-refractivity contribution in [2.24, 2.45) is 0 Å². The van der Waals surface area contributed by atoms with Gasteiger partial charge in [0, 0.05) is 11.4 Å². The van der Waals surface area contributed by atoms with Crippen LogP contribution in [0.1, 0.15) is 11.1 Å². The van der Waals surface area contributed by atoms with Crippen LogP contribution < -0.4 is 11.5 Å². The van der Waals surface area contributed by atoms with E-state index in [-0.39, 0.29) is 6.61 Å². The molecule has 0 bridgehead atoms. The lowest BCUT2D eigenvalue weighted by atomic mass is 9.95. The lowest BCUT2D eigenvalue weighted by Gasteiger charge is -2.12. The van der Waals surface area contributed by atoms with Gasteiger partial charge in [0.2, 0.25) is 0 Å². The minimum atomic E-state index is -0.0236. The van der Waals surface area contributed by atoms with Gasteiger partial charge in [0.1, 0.15) is 0 Å². The molecule has 0 aliphatic heterocycles. The van der Waals surface area contributed by atoms with Crippen molar-refractivity contribution in [3.8, 4) is 11.1 Å². The van der Waals surface area contributed by atoms with Crippen molar-refractivity contribution < 1.29 is 5.11 Å². The molecule has 0 unspecified atom stereocenters. The van der Waals surface area contributed by atoms with E-state index >= 15 is 0 Å². The largest absolute Gasteiger partial charge is 0.399 e. The Kier molecular flexibility index (Phi) is 3.02. The van der Waals surface area contributed by atoms with Crippen LogP contribution in [0.4, 0.5) is 11.4 Å². The highest BCUT2D eigenvalue weighted by molar-refractivity contribution is 5.74. The fourth-order valence-corrected chi connectivity index (χ4v) is 2.00. The molecule has 0 atom stereocenters. The van der Waals surface area contributed by atoms with Gasteiger partial charge in [-0.05, 0) is 53.4 Å². The molecular formula is C14H16N2O. The van der Waals surface area contributed by atoms with Gasteiger partial charge in [-0.1, -0.05) is 12.1 Å². The first-order chi connectivity index (χ1) is 8.11. The average Bonchev–Trinajstić information content (AvgIpc) is 2.30. The molecule has 0 saturated carbocycles. The predicted molar refractivity (Wildman–Crippen MR) is 71.4 cm³/mol. The summed E-state index contributed by atoms with van der Waals surface area (Å²) in [7, 11) is 0. The number of anilines is 2. The summed E-state index contributed by atoms with van der Waals surface area (Å²) >= 11 is 0. The van der Waals surface area contributed by atoms with Gasteiger partial charge in [-0.3, -0.25) is 0 Å². The Morgan fingerprint density at radius 3 is 2.12 bits per heavy atom. The molecule has 0 radical (unpaired) electrons. The van der Waals surface area contributed by atoms with Crippen LogP contribution in [0.25, 0.3) is 11.1 Å². The van der Waals surface area contributed by atoms with Gasteiger partial charge in [-0.25, -0.2) is 0 Å². The normalized spacial score (nSPS) is 10.5. The molecule has 0 aliphatic rings. The van der Waals surface area contributed by atoms with Gasteiger partial charge >= 0.3 is 0 Å². The molecule has 3 nitrogen and oxygen atoms in total. The van der Waals surface area contributed by atoms with Gasteiger partial charge in [-0.15, -0.1) is 0 Å². The monoisotopic (exact) mass is 228 g/mol. The summed E-state index contributed by atoms with van der Waals surface area (Å²) < 4.78 is 0. The number of hydrogen-bond acceptors (Lipinski definition) is 3. The van der Waals surface area contributed by atoms with E-state index in [9.17, 15) is 5.11 Å². The molecule has 0 heterocycles. The molecule has 2 aromatic rings. The number of nitrogens with two attached hydrogens (primary N) is 2. The van der Waals surface area contributed by atoms with Gasteiger partial charge in [0.25, 0.3) is 0 Å². The number of aryl methyl sites for hydroxylation is 1. The second kappa shape index (κ2) is 4.47. The zero-order valence-corrected chi connectivity index (χ0v) is 9.77. The molecule has 2 aromatic carbocycles. The van der Waals surface area contributed by atoms with Crippen molar-refractivity contribution in [2.75, 3.05) is 11.5 Å². The fraction of sp³-hybridized carbons (Fsp3) is 0.143. The number of rotatable bonds is 2. The maximum Gasteiger partial charge on any atom is 0.0688 e. The highest BCUT2D eigenvalue weighted by Crippen LogP contribution is 2.29. The highest BCUT2D eigenvalue weighted by atomic mass is 16.3. The standard InChI is InChI=1S/C14H16N2O/c1-9-6-11(15)2-4-13(9)14-5-3-12(16)7-10(14)8-17/h2-7,17H,8,15-16H2,1H3. The maximum absolute atomic E-state index is 9.37. The lowest BCUT2D eigenvalue weighted by molar-refractivity contribution is 0.282. The molecule has 5 N–H and O–H groups in total. The van der Waals surface area contributed by atoms with Crippen LogP contribution in [-0.4, -0.2) is 5.11 Å². The van der Waals surface area contributed by atoms with E-state index in [1.807, 2.05) is 37.3 Å². The van der Waals surface area contributed by atoms with Crippen molar-refractivity contribution in [2.45, 2.75) is 13.5 Å². The van der Waals surface area contributed by atoms with Crippen LogP contribution in [0.5, 0.6) is 0 Å². The van der Waals surface area contributed by atoms with Crippen LogP contribution in [0.2, 0.25) is 0 Å². The van der Waals surface area contributed by atoms with E-state index in [0.29, 0.717) is 5.69 Å². The molecule has 0 saturated heterocycles. The molecule has 0 spiro atoms. The number of hydrogen-bond donors (Lipinski definition) is 3. The minimum Gasteiger partial charge on any atom is -0.399 e. The molecule has 88 valence electrons. The first-order valence-electron chi connectivity index (χ1n) is 5.47. The van der Waals surface area contributed by atoms with Crippen LogP contribution in [0.15, 0.2) is 36.4 Å². The molecule has 2 rings (SSSR count). The van der Waals surface area contributed by atoms with Crippen LogP contribution in [-0.2, 0) is 6.61 Å². The van der Waals surface area contributed by atoms with Crippen molar-refractivity contribution in [1.29, 1.82) is 0 Å². The minimum absolute atomic E-state index is 0.0236. The summed E-state index contributed by atoms with van der Waals surface area (Å²) in [5.41, 5.74) is 16.8. The Morgan fingerprint density at radius 2 is 1.53 bits per heavy atom. The topological polar surface area (TPSA) is 72.3 Å². The second-order valence-corrected chi connectivity index (χ2v) is 4.15. The first-order valence-corrected chi connectivity index (χ1v) is 5.47. The van der Waals surface area contributed by atoms with Crippen LogP contribution >= 0.6 is 0 Å². The van der Waals surface area contributed by atoms with Crippen molar-refractivity contribution >= 4 is 11.4 Å². The smallest absolute Gasteiger partial charge is 0.0688 e. The fourth-order valence-electron chi connectivity index (χ4n) is 2.00. The van der Waals surface area contributed by atoms with Crippen LogP contribution in [0.3, 0.4) is 0 Å². The van der Waals surface area contributed by atoms with Crippen molar-refractivity contribution in [3.63, 3.8) is 0 Å². The Balaban J connectivity index is 2.60. The molecule has 3 heteroatoms. The summed E-state index contributed by atoms with van der Waals surface area (Å²) in [5.74, 6) is 0. The third-order valence-electron chi connectivity index (χ3n) is 2.84. The Labute approximate surface area is 101 Å². The quantitative estimate of drug-likeness (QED) is 0.691. The van der Waals surface area contributed by atoms with E-state index in [1.165, 1.54) is 0 Å². The summed E-state index contributed by atoms with van der Waals surface area (Å²) in [6.07, 6.45) is 0. The van der Waals surface area contributed by atoms with E-state index < -0.39 is 0 Å².